The molecule has 7 nitrogen and oxygen atoms in total. The first kappa shape index (κ1) is 11.9. The summed E-state index contributed by atoms with van der Waals surface area (Å²) in [6.45, 7) is -0.679. The van der Waals surface area contributed by atoms with Crippen LogP contribution in [0.5, 0.6) is 0 Å². The predicted molar refractivity (Wildman–Crippen MR) is 70.3 cm³/mol. The molecule has 2 aromatic heterocycles. The predicted octanol–water partition coefficient (Wildman–Crippen LogP) is 0.736. The van der Waals surface area contributed by atoms with Crippen LogP contribution in [0.2, 0.25) is 0 Å². The molecule has 0 aliphatic heterocycles. The largest absolute Gasteiger partial charge is 0.381 e. The Labute approximate surface area is 126 Å². The standard InChI is InChI=1S/C13H12F2N6O/c14-10-1-2-11(12(15)3-10)13(22,4-20-8-16-6-18-20)5-21-9-17-7-19-21/h1-3,6-9,22H,4-5H2/i8D,9D. The monoisotopic (exact) mass is 308 g/mol. The molecular formula is C13H12F2N6O. The van der Waals surface area contributed by atoms with Gasteiger partial charge in [0, 0.05) is 11.6 Å². The van der Waals surface area contributed by atoms with E-state index in [1.54, 1.807) is 0 Å². The van der Waals surface area contributed by atoms with E-state index in [2.05, 4.69) is 20.2 Å². The van der Waals surface area contributed by atoms with Crippen LogP contribution in [-0.4, -0.2) is 34.6 Å². The van der Waals surface area contributed by atoms with Gasteiger partial charge in [0.2, 0.25) is 0 Å². The van der Waals surface area contributed by atoms with Gasteiger partial charge in [-0.1, -0.05) is 6.07 Å². The average molecular weight is 308 g/mol. The first-order chi connectivity index (χ1) is 11.4. The van der Waals surface area contributed by atoms with Crippen molar-refractivity contribution in [1.82, 2.24) is 29.5 Å². The van der Waals surface area contributed by atoms with Gasteiger partial charge in [0.15, 0.2) is 0 Å². The highest BCUT2D eigenvalue weighted by Gasteiger charge is 2.34. The third-order valence-electron chi connectivity index (χ3n) is 3.10. The molecule has 0 aliphatic rings. The van der Waals surface area contributed by atoms with Crippen LogP contribution in [-0.2, 0) is 18.7 Å². The maximum absolute atomic E-state index is 14.2. The molecule has 0 aliphatic carbocycles. The molecule has 2 heterocycles. The molecule has 3 aromatic rings. The number of benzene rings is 1. The lowest BCUT2D eigenvalue weighted by molar-refractivity contribution is -0.00855. The third kappa shape index (κ3) is 2.84. The number of nitrogens with zero attached hydrogens (tertiary/aromatic N) is 6. The number of hydrogen-bond acceptors (Lipinski definition) is 5. The maximum atomic E-state index is 14.2. The second-order valence-corrected chi connectivity index (χ2v) is 4.69. The van der Waals surface area contributed by atoms with Crippen molar-refractivity contribution in [2.45, 2.75) is 18.7 Å². The summed E-state index contributed by atoms with van der Waals surface area (Å²) in [6.07, 6.45) is 1.77. The van der Waals surface area contributed by atoms with Gasteiger partial charge in [-0.25, -0.2) is 28.1 Å². The maximum Gasteiger partial charge on any atom is 0.137 e. The molecule has 1 aromatic carbocycles. The van der Waals surface area contributed by atoms with E-state index in [4.69, 9.17) is 2.74 Å². The molecule has 22 heavy (non-hydrogen) atoms. The summed E-state index contributed by atoms with van der Waals surface area (Å²) in [7, 11) is 0. The Hall–Kier alpha value is -2.68. The molecule has 0 saturated heterocycles. The van der Waals surface area contributed by atoms with Crippen molar-refractivity contribution in [3.8, 4) is 0 Å². The topological polar surface area (TPSA) is 81.6 Å². The summed E-state index contributed by atoms with van der Waals surface area (Å²) in [6, 6.07) is 2.76. The SMILES string of the molecule is [2H]c1ncnn1CC(O)(Cn1ncnc1[2H])c1ccc(F)cc1F. The van der Waals surface area contributed by atoms with E-state index in [0.717, 1.165) is 34.2 Å². The van der Waals surface area contributed by atoms with Gasteiger partial charge >= 0.3 is 0 Å². The van der Waals surface area contributed by atoms with Crippen molar-refractivity contribution >= 4 is 0 Å². The lowest BCUT2D eigenvalue weighted by Crippen LogP contribution is -2.37. The first-order valence-corrected chi connectivity index (χ1v) is 6.26. The zero-order valence-corrected chi connectivity index (χ0v) is 11.2. The molecule has 0 unspecified atom stereocenters. The van der Waals surface area contributed by atoms with Crippen molar-refractivity contribution in [3.63, 3.8) is 0 Å². The van der Waals surface area contributed by atoms with E-state index < -0.39 is 17.2 Å². The molecule has 9 heteroatoms. The summed E-state index contributed by atoms with van der Waals surface area (Å²) in [5.41, 5.74) is -2.17. The van der Waals surface area contributed by atoms with Crippen LogP contribution in [0, 0.1) is 11.6 Å². The molecule has 114 valence electrons. The Bertz CT molecular complexity index is 826. The number of rotatable bonds is 5. The molecule has 0 bridgehead atoms. The minimum Gasteiger partial charge on any atom is -0.381 e. The summed E-state index contributed by atoms with van der Waals surface area (Å²) < 4.78 is 44.8. The molecule has 3 rings (SSSR count). The second-order valence-electron chi connectivity index (χ2n) is 4.69. The fourth-order valence-corrected chi connectivity index (χ4v) is 2.15. The van der Waals surface area contributed by atoms with Crippen LogP contribution in [0.4, 0.5) is 8.78 Å². The minimum atomic E-state index is -1.95. The molecule has 0 spiro atoms. The van der Waals surface area contributed by atoms with Gasteiger partial charge in [-0.15, -0.1) is 0 Å². The highest BCUT2D eigenvalue weighted by atomic mass is 19.1. The summed E-state index contributed by atoms with van der Waals surface area (Å²) in [4.78, 5) is 7.25. The average Bonchev–Trinajstić information content (AvgIpc) is 3.08. The first-order valence-electron chi connectivity index (χ1n) is 7.26. The van der Waals surface area contributed by atoms with Crippen molar-refractivity contribution in [2.75, 3.05) is 0 Å². The van der Waals surface area contributed by atoms with Gasteiger partial charge < -0.3 is 5.11 Å². The van der Waals surface area contributed by atoms with E-state index in [-0.39, 0.29) is 31.3 Å². The minimum absolute atomic E-state index is 0.214. The quantitative estimate of drug-likeness (QED) is 0.751. The van der Waals surface area contributed by atoms with Crippen molar-refractivity contribution in [3.05, 3.63) is 60.7 Å². The molecule has 1 N–H and O–H groups in total. The van der Waals surface area contributed by atoms with E-state index in [1.165, 1.54) is 0 Å². The Balaban J connectivity index is 2.05. The molecule has 0 amide bonds. The van der Waals surface area contributed by atoms with E-state index in [0.29, 0.717) is 6.07 Å². The van der Waals surface area contributed by atoms with Crippen LogP contribution in [0.3, 0.4) is 0 Å². The van der Waals surface area contributed by atoms with Crippen LogP contribution in [0.25, 0.3) is 0 Å². The van der Waals surface area contributed by atoms with Gasteiger partial charge in [0.25, 0.3) is 0 Å². The van der Waals surface area contributed by atoms with E-state index in [9.17, 15) is 13.9 Å². The normalized spacial score (nSPS) is 13.0. The highest BCUT2D eigenvalue weighted by molar-refractivity contribution is 5.25. The Kier molecular flexibility index (Phi) is 3.04. The fourth-order valence-electron chi connectivity index (χ4n) is 2.15. The lowest BCUT2D eigenvalue weighted by Gasteiger charge is -2.28. The summed E-state index contributed by atoms with van der Waals surface area (Å²) in [5.74, 6) is -1.75. The van der Waals surface area contributed by atoms with Crippen LogP contribution >= 0.6 is 0 Å². The van der Waals surface area contributed by atoms with Crippen molar-refractivity contribution in [2.24, 2.45) is 0 Å². The Morgan fingerprint density at radius 3 is 2.14 bits per heavy atom. The smallest absolute Gasteiger partial charge is 0.137 e. The fraction of sp³-hybridized carbons (Fsp3) is 0.231. The van der Waals surface area contributed by atoms with Crippen LogP contribution in [0.1, 0.15) is 8.30 Å². The number of hydrogen-bond donors (Lipinski definition) is 1. The van der Waals surface area contributed by atoms with Crippen LogP contribution in [0.15, 0.2) is 43.5 Å². The van der Waals surface area contributed by atoms with Gasteiger partial charge in [0.1, 0.15) is 45.2 Å². The number of halogens is 2. The van der Waals surface area contributed by atoms with Crippen LogP contribution < -0.4 is 0 Å². The summed E-state index contributed by atoms with van der Waals surface area (Å²) in [5, 5.41) is 18.6. The molecule has 0 saturated carbocycles. The number of aromatic nitrogens is 6. The van der Waals surface area contributed by atoms with E-state index >= 15 is 0 Å². The number of aliphatic hydroxyl groups is 1. The molecular weight excluding hydrogens is 294 g/mol. The second kappa shape index (κ2) is 5.60. The van der Waals surface area contributed by atoms with Crippen molar-refractivity contribution in [1.29, 1.82) is 0 Å². The Morgan fingerprint density at radius 2 is 1.68 bits per heavy atom. The molecule has 0 fully saturated rings. The molecule has 0 radical (unpaired) electrons. The summed E-state index contributed by atoms with van der Waals surface area (Å²) >= 11 is 0. The van der Waals surface area contributed by atoms with E-state index in [1.807, 2.05) is 0 Å². The van der Waals surface area contributed by atoms with Crippen molar-refractivity contribution < 1.29 is 16.6 Å². The van der Waals surface area contributed by atoms with Gasteiger partial charge in [-0.3, -0.25) is 0 Å². The lowest BCUT2D eigenvalue weighted by atomic mass is 9.93. The third-order valence-corrected chi connectivity index (χ3v) is 3.10. The molecule has 0 atom stereocenters. The van der Waals surface area contributed by atoms with Gasteiger partial charge in [0.05, 0.1) is 13.1 Å². The zero-order chi connectivity index (χ0) is 17.3. The zero-order valence-electron chi connectivity index (χ0n) is 13.2. The Morgan fingerprint density at radius 1 is 1.09 bits per heavy atom. The highest BCUT2D eigenvalue weighted by Crippen LogP contribution is 2.28. The van der Waals surface area contributed by atoms with Gasteiger partial charge in [-0.2, -0.15) is 10.2 Å². The van der Waals surface area contributed by atoms with Gasteiger partial charge in [-0.05, 0) is 6.07 Å².